The van der Waals surface area contributed by atoms with E-state index in [9.17, 15) is 4.79 Å². The molecule has 0 amide bonds. The predicted molar refractivity (Wildman–Crippen MR) is 83.3 cm³/mol. The van der Waals surface area contributed by atoms with E-state index in [-0.39, 0.29) is 0 Å². The molecule has 17 heavy (non-hydrogen) atoms. The Balaban J connectivity index is 2.31. The number of nitrogens with zero attached hydrogens (tertiary/aromatic N) is 1. The van der Waals surface area contributed by atoms with Crippen molar-refractivity contribution < 1.29 is 9.90 Å². The summed E-state index contributed by atoms with van der Waals surface area (Å²) < 4.78 is 1.67. The maximum atomic E-state index is 11.1. The van der Waals surface area contributed by atoms with Gasteiger partial charge in [-0.3, -0.25) is 4.79 Å². The molecule has 1 heterocycles. The Morgan fingerprint density at radius 2 is 2.12 bits per heavy atom. The lowest BCUT2D eigenvalue weighted by Crippen LogP contribution is -2.30. The van der Waals surface area contributed by atoms with Gasteiger partial charge in [0.05, 0.1) is 0 Å². The Hall–Kier alpha value is -0.350. The zero-order valence-corrected chi connectivity index (χ0v) is 13.0. The fraction of sp³-hybridized carbons (Fsp3) is 0.182. The normalized spacial score (nSPS) is 13.1. The number of carboxylic acid groups (broad SMARTS) is 1. The lowest BCUT2D eigenvalue weighted by molar-refractivity contribution is -0.139. The SMILES string of the molecule is O=C(O)[C@H](Cc1c[nH]c2ccccc12)N(I)I. The van der Waals surface area contributed by atoms with Gasteiger partial charge in [-0.1, -0.05) is 18.2 Å². The number of benzene rings is 1. The number of halogens is 2. The first-order valence-corrected chi connectivity index (χ1v) is 6.91. The van der Waals surface area contributed by atoms with Gasteiger partial charge in [-0.15, -0.1) is 0 Å². The molecule has 90 valence electrons. The maximum absolute atomic E-state index is 11.1. The number of carbonyl (C=O) groups is 1. The zero-order chi connectivity index (χ0) is 12.4. The van der Waals surface area contributed by atoms with Gasteiger partial charge in [-0.25, -0.2) is 0 Å². The van der Waals surface area contributed by atoms with Gasteiger partial charge >= 0.3 is 5.97 Å². The van der Waals surface area contributed by atoms with Crippen LogP contribution >= 0.6 is 45.7 Å². The number of rotatable bonds is 4. The van der Waals surface area contributed by atoms with Crippen LogP contribution in [0.2, 0.25) is 0 Å². The lowest BCUT2D eigenvalue weighted by atomic mass is 10.1. The van der Waals surface area contributed by atoms with Crippen molar-refractivity contribution in [1.29, 1.82) is 0 Å². The number of hydrogen-bond acceptors (Lipinski definition) is 2. The van der Waals surface area contributed by atoms with Crippen LogP contribution in [0, 0.1) is 0 Å². The van der Waals surface area contributed by atoms with Crippen LogP contribution in [-0.4, -0.2) is 23.4 Å². The smallest absolute Gasteiger partial charge is 0.322 e. The standard InChI is InChI=1S/C11H10I2N2O2/c12-15(13)10(11(16)17)5-7-6-14-9-4-2-1-3-8(7)9/h1-4,6,10,14H,5H2,(H,16,17)/t10-/m0/s1. The number of H-pyrrole nitrogens is 1. The third-order valence-corrected chi connectivity index (χ3v) is 3.95. The van der Waals surface area contributed by atoms with Crippen LogP contribution in [0.3, 0.4) is 0 Å². The molecule has 0 aliphatic rings. The molecule has 2 rings (SSSR count). The molecule has 0 fully saturated rings. The fourth-order valence-corrected chi connectivity index (χ4v) is 2.62. The summed E-state index contributed by atoms with van der Waals surface area (Å²) >= 11 is 3.99. The molecular weight excluding hydrogens is 446 g/mol. The van der Waals surface area contributed by atoms with Gasteiger partial charge < -0.3 is 10.1 Å². The molecule has 1 aromatic heterocycles. The molecule has 1 aromatic carbocycles. The Morgan fingerprint density at radius 1 is 1.41 bits per heavy atom. The van der Waals surface area contributed by atoms with E-state index in [0.717, 1.165) is 16.5 Å². The summed E-state index contributed by atoms with van der Waals surface area (Å²) in [4.78, 5) is 14.3. The van der Waals surface area contributed by atoms with Gasteiger partial charge in [-0.05, 0) is 11.6 Å². The number of para-hydroxylation sites is 1. The van der Waals surface area contributed by atoms with Crippen molar-refractivity contribution in [2.75, 3.05) is 0 Å². The molecule has 0 spiro atoms. The first-order chi connectivity index (χ1) is 8.09. The number of aromatic amines is 1. The Labute approximate surface area is 126 Å². The largest absolute Gasteiger partial charge is 0.480 e. The number of fused-ring (bicyclic) bond motifs is 1. The number of hydrogen-bond donors (Lipinski definition) is 2. The topological polar surface area (TPSA) is 56.3 Å². The summed E-state index contributed by atoms with van der Waals surface area (Å²) in [7, 11) is 0. The van der Waals surface area contributed by atoms with Gasteiger partial charge in [0, 0.05) is 69.2 Å². The molecule has 0 aliphatic carbocycles. The Kier molecular flexibility index (Phi) is 4.26. The maximum Gasteiger partial charge on any atom is 0.322 e. The molecule has 2 N–H and O–H groups in total. The van der Waals surface area contributed by atoms with Gasteiger partial charge in [0.25, 0.3) is 0 Å². The molecule has 2 aromatic rings. The van der Waals surface area contributed by atoms with E-state index in [4.69, 9.17) is 5.11 Å². The van der Waals surface area contributed by atoms with Crippen LogP contribution in [-0.2, 0) is 11.2 Å². The molecule has 0 aliphatic heterocycles. The van der Waals surface area contributed by atoms with E-state index in [1.54, 1.807) is 1.33 Å². The minimum atomic E-state index is -0.806. The molecule has 0 bridgehead atoms. The Morgan fingerprint density at radius 3 is 2.76 bits per heavy atom. The molecule has 6 heteroatoms. The molecule has 4 nitrogen and oxygen atoms in total. The summed E-state index contributed by atoms with van der Waals surface area (Å²) in [6, 6.07) is 7.39. The van der Waals surface area contributed by atoms with Crippen LogP contribution in [0.5, 0.6) is 0 Å². The van der Waals surface area contributed by atoms with Crippen LogP contribution in [0.1, 0.15) is 5.56 Å². The summed E-state index contributed by atoms with van der Waals surface area (Å²) in [6.45, 7) is 0. The lowest BCUT2D eigenvalue weighted by Gasteiger charge is -2.15. The van der Waals surface area contributed by atoms with Crippen molar-refractivity contribution in [2.45, 2.75) is 12.5 Å². The number of nitrogens with one attached hydrogen (secondary N) is 1. The van der Waals surface area contributed by atoms with Crippen LogP contribution < -0.4 is 0 Å². The van der Waals surface area contributed by atoms with Crippen molar-refractivity contribution >= 4 is 62.6 Å². The highest BCUT2D eigenvalue weighted by Gasteiger charge is 2.23. The fourth-order valence-electron chi connectivity index (χ4n) is 1.75. The van der Waals surface area contributed by atoms with Gasteiger partial charge in [0.2, 0.25) is 0 Å². The van der Waals surface area contributed by atoms with Crippen LogP contribution in [0.25, 0.3) is 10.9 Å². The monoisotopic (exact) mass is 456 g/mol. The highest BCUT2D eigenvalue weighted by Crippen LogP contribution is 2.23. The highest BCUT2D eigenvalue weighted by molar-refractivity contribution is 14.2. The third-order valence-electron chi connectivity index (χ3n) is 2.61. The minimum Gasteiger partial charge on any atom is -0.480 e. The van der Waals surface area contributed by atoms with E-state index in [1.807, 2.05) is 76.2 Å². The van der Waals surface area contributed by atoms with Gasteiger partial charge in [-0.2, -0.15) is 1.33 Å². The zero-order valence-electron chi connectivity index (χ0n) is 8.73. The minimum absolute atomic E-state index is 0.491. The predicted octanol–water partition coefficient (Wildman–Crippen LogP) is 3.17. The summed E-state index contributed by atoms with van der Waals surface area (Å²) in [5, 5.41) is 10.2. The second kappa shape index (κ2) is 5.53. The number of aliphatic carboxylic acids is 1. The molecular formula is C11H10I2N2O2. The quantitative estimate of drug-likeness (QED) is 0.550. The van der Waals surface area contributed by atoms with E-state index in [0.29, 0.717) is 6.42 Å². The molecule has 0 saturated carbocycles. The van der Waals surface area contributed by atoms with Gasteiger partial charge in [0.1, 0.15) is 6.04 Å². The average Bonchev–Trinajstić information content (AvgIpc) is 2.68. The van der Waals surface area contributed by atoms with E-state index in [2.05, 4.69) is 4.98 Å². The first-order valence-electron chi connectivity index (χ1n) is 4.98. The van der Waals surface area contributed by atoms with Crippen molar-refractivity contribution in [3.8, 4) is 0 Å². The van der Waals surface area contributed by atoms with Crippen molar-refractivity contribution in [3.05, 3.63) is 36.0 Å². The second-order valence-electron chi connectivity index (χ2n) is 3.68. The Bertz CT molecular complexity index is 539. The van der Waals surface area contributed by atoms with E-state index in [1.165, 1.54) is 0 Å². The summed E-state index contributed by atoms with van der Waals surface area (Å²) in [5.74, 6) is -0.806. The molecule has 1 atom stereocenters. The number of aromatic nitrogens is 1. The second-order valence-corrected chi connectivity index (χ2v) is 7.60. The third kappa shape index (κ3) is 2.91. The number of carboxylic acids is 1. The van der Waals surface area contributed by atoms with E-state index < -0.39 is 12.0 Å². The molecule has 0 radical (unpaired) electrons. The van der Waals surface area contributed by atoms with E-state index >= 15 is 0 Å². The average molecular weight is 456 g/mol. The van der Waals surface area contributed by atoms with Crippen molar-refractivity contribution in [3.63, 3.8) is 0 Å². The summed E-state index contributed by atoms with van der Waals surface area (Å²) in [6.07, 6.45) is 2.38. The summed E-state index contributed by atoms with van der Waals surface area (Å²) in [5.41, 5.74) is 2.08. The van der Waals surface area contributed by atoms with Crippen LogP contribution in [0.15, 0.2) is 30.5 Å². The van der Waals surface area contributed by atoms with Crippen LogP contribution in [0.4, 0.5) is 0 Å². The van der Waals surface area contributed by atoms with Gasteiger partial charge in [0.15, 0.2) is 0 Å². The molecule has 0 saturated heterocycles. The van der Waals surface area contributed by atoms with Crippen molar-refractivity contribution in [1.82, 2.24) is 6.31 Å². The molecule has 0 unspecified atom stereocenters. The highest BCUT2D eigenvalue weighted by atomic mass is 127. The first kappa shape index (κ1) is 13.1. The van der Waals surface area contributed by atoms with Crippen molar-refractivity contribution in [2.24, 2.45) is 0 Å².